The van der Waals surface area contributed by atoms with Gasteiger partial charge in [-0.05, 0) is 35.9 Å². The van der Waals surface area contributed by atoms with Crippen molar-refractivity contribution < 1.29 is 19.4 Å². The third kappa shape index (κ3) is 4.09. The van der Waals surface area contributed by atoms with E-state index in [1.807, 2.05) is 0 Å². The Morgan fingerprint density at radius 3 is 2.52 bits per heavy atom. The molecule has 0 aliphatic rings. The molecule has 2 aromatic rings. The number of rotatable bonds is 5. The first kappa shape index (κ1) is 17.4. The van der Waals surface area contributed by atoms with Crippen LogP contribution in [0.15, 0.2) is 34.8 Å². The lowest BCUT2D eigenvalue weighted by atomic mass is 10.1. The Balaban J connectivity index is 2.17. The topological polar surface area (TPSA) is 67.8 Å². The molecule has 0 radical (unpaired) electrons. The van der Waals surface area contributed by atoms with E-state index in [0.29, 0.717) is 16.5 Å². The summed E-state index contributed by atoms with van der Waals surface area (Å²) in [7, 11) is 3.09. The van der Waals surface area contributed by atoms with Gasteiger partial charge in [-0.1, -0.05) is 27.5 Å². The summed E-state index contributed by atoms with van der Waals surface area (Å²) < 4.78 is 11.2. The number of hydrogen-bond acceptors (Lipinski definition) is 4. The number of nitrogens with one attached hydrogen (secondary N) is 1. The first-order valence-corrected chi connectivity index (χ1v) is 7.80. The summed E-state index contributed by atoms with van der Waals surface area (Å²) in [5.74, 6) is 0.595. The van der Waals surface area contributed by atoms with Gasteiger partial charge in [0.25, 0.3) is 5.91 Å². The average Bonchev–Trinajstić information content (AvgIpc) is 2.55. The molecule has 7 heteroatoms. The highest BCUT2D eigenvalue weighted by Gasteiger charge is 2.14. The van der Waals surface area contributed by atoms with Gasteiger partial charge in [-0.25, -0.2) is 0 Å². The van der Waals surface area contributed by atoms with Crippen LogP contribution < -0.4 is 14.8 Å². The second kappa shape index (κ2) is 7.57. The Bertz CT molecular complexity index is 736. The zero-order valence-corrected chi connectivity index (χ0v) is 14.9. The molecule has 0 aliphatic heterocycles. The van der Waals surface area contributed by atoms with Crippen molar-refractivity contribution in [3.63, 3.8) is 0 Å². The van der Waals surface area contributed by atoms with E-state index < -0.39 is 5.91 Å². The van der Waals surface area contributed by atoms with Crippen molar-refractivity contribution in [2.24, 2.45) is 0 Å². The van der Waals surface area contributed by atoms with Crippen LogP contribution in [0.4, 0.5) is 0 Å². The molecule has 0 aliphatic carbocycles. The fourth-order valence-electron chi connectivity index (χ4n) is 1.99. The lowest BCUT2D eigenvalue weighted by molar-refractivity contribution is 0.0948. The number of ether oxygens (including phenoxy) is 2. The van der Waals surface area contributed by atoms with E-state index in [1.165, 1.54) is 25.3 Å². The zero-order valence-electron chi connectivity index (χ0n) is 12.5. The molecule has 2 aromatic carbocycles. The zero-order chi connectivity index (χ0) is 17.0. The number of aromatic hydroxyl groups is 1. The third-order valence-corrected chi connectivity index (χ3v) is 4.17. The summed E-state index contributed by atoms with van der Waals surface area (Å²) >= 11 is 9.27. The lowest BCUT2D eigenvalue weighted by Crippen LogP contribution is -2.23. The van der Waals surface area contributed by atoms with Crippen LogP contribution in [0, 0.1) is 0 Å². The van der Waals surface area contributed by atoms with Crippen molar-refractivity contribution in [1.29, 1.82) is 0 Å². The van der Waals surface area contributed by atoms with E-state index in [1.54, 1.807) is 19.2 Å². The van der Waals surface area contributed by atoms with Crippen molar-refractivity contribution in [2.75, 3.05) is 14.2 Å². The number of halogens is 2. The first-order chi connectivity index (χ1) is 11.0. The SMILES string of the molecule is COc1cc(Br)c(CNC(=O)c2cc(Cl)ccc2O)cc1OC. The van der Waals surface area contributed by atoms with E-state index in [2.05, 4.69) is 21.2 Å². The van der Waals surface area contributed by atoms with Crippen molar-refractivity contribution in [2.45, 2.75) is 6.54 Å². The van der Waals surface area contributed by atoms with E-state index in [-0.39, 0.29) is 17.9 Å². The van der Waals surface area contributed by atoms with Gasteiger partial charge in [0.05, 0.1) is 19.8 Å². The fraction of sp³-hybridized carbons (Fsp3) is 0.188. The second-order valence-corrected chi connectivity index (χ2v) is 5.93. The molecule has 0 atom stereocenters. The second-order valence-electron chi connectivity index (χ2n) is 4.64. The summed E-state index contributed by atoms with van der Waals surface area (Å²) in [4.78, 5) is 12.2. The standard InChI is InChI=1S/C16H15BrClNO4/c1-22-14-5-9(12(17)7-15(14)23-2)8-19-16(21)11-6-10(18)3-4-13(11)20/h3-7,20H,8H2,1-2H3,(H,19,21). The van der Waals surface area contributed by atoms with Crippen molar-refractivity contribution >= 4 is 33.4 Å². The molecule has 0 bridgehead atoms. The van der Waals surface area contributed by atoms with Crippen LogP contribution in [0.2, 0.25) is 5.02 Å². The molecule has 0 saturated carbocycles. The van der Waals surface area contributed by atoms with Gasteiger partial charge in [0.15, 0.2) is 11.5 Å². The van der Waals surface area contributed by atoms with E-state index in [9.17, 15) is 9.90 Å². The molecule has 2 N–H and O–H groups in total. The van der Waals surface area contributed by atoms with Gasteiger partial charge in [0.2, 0.25) is 0 Å². The molecule has 23 heavy (non-hydrogen) atoms. The first-order valence-electron chi connectivity index (χ1n) is 6.63. The number of methoxy groups -OCH3 is 2. The number of carbonyl (C=O) groups excluding carboxylic acids is 1. The molecule has 0 spiro atoms. The molecule has 5 nitrogen and oxygen atoms in total. The Morgan fingerprint density at radius 2 is 1.87 bits per heavy atom. The van der Waals surface area contributed by atoms with Gasteiger partial charge in [0.1, 0.15) is 5.75 Å². The Morgan fingerprint density at radius 1 is 1.22 bits per heavy atom. The lowest BCUT2D eigenvalue weighted by Gasteiger charge is -2.13. The van der Waals surface area contributed by atoms with Crippen molar-refractivity contribution in [3.8, 4) is 17.2 Å². The molecule has 1 amide bonds. The summed E-state index contributed by atoms with van der Waals surface area (Å²) in [5.41, 5.74) is 0.923. The predicted octanol–water partition coefficient (Wildman–Crippen LogP) is 3.76. The highest BCUT2D eigenvalue weighted by Crippen LogP contribution is 2.33. The monoisotopic (exact) mass is 399 g/mol. The molecular weight excluding hydrogens is 386 g/mol. The van der Waals surface area contributed by atoms with Crippen LogP contribution in [0.5, 0.6) is 17.2 Å². The summed E-state index contributed by atoms with van der Waals surface area (Å²) in [6.07, 6.45) is 0. The van der Waals surface area contributed by atoms with Gasteiger partial charge >= 0.3 is 0 Å². The Kier molecular flexibility index (Phi) is 5.74. The van der Waals surface area contributed by atoms with Crippen molar-refractivity contribution in [1.82, 2.24) is 5.32 Å². The number of phenolic OH excluding ortho intramolecular Hbond substituents is 1. The predicted molar refractivity (Wildman–Crippen MR) is 91.5 cm³/mol. The molecule has 0 saturated heterocycles. The van der Waals surface area contributed by atoms with E-state index in [0.717, 1.165) is 10.0 Å². The van der Waals surface area contributed by atoms with Crippen LogP contribution in [-0.4, -0.2) is 25.2 Å². The molecule has 0 aromatic heterocycles. The molecule has 0 fully saturated rings. The van der Waals surface area contributed by atoms with Gasteiger partial charge in [-0.15, -0.1) is 0 Å². The van der Waals surface area contributed by atoms with Gasteiger partial charge in [-0.2, -0.15) is 0 Å². The summed E-state index contributed by atoms with van der Waals surface area (Å²) in [5, 5.41) is 12.8. The van der Waals surface area contributed by atoms with Crippen molar-refractivity contribution in [3.05, 3.63) is 51.0 Å². The van der Waals surface area contributed by atoms with Crippen LogP contribution in [0.1, 0.15) is 15.9 Å². The smallest absolute Gasteiger partial charge is 0.255 e. The third-order valence-electron chi connectivity index (χ3n) is 3.20. The largest absolute Gasteiger partial charge is 0.507 e. The molecule has 2 rings (SSSR count). The Hall–Kier alpha value is -1.92. The van der Waals surface area contributed by atoms with E-state index >= 15 is 0 Å². The molecule has 122 valence electrons. The number of benzene rings is 2. The summed E-state index contributed by atoms with van der Waals surface area (Å²) in [6, 6.07) is 7.83. The number of phenols is 1. The highest BCUT2D eigenvalue weighted by atomic mass is 79.9. The summed E-state index contributed by atoms with van der Waals surface area (Å²) in [6.45, 7) is 0.242. The minimum atomic E-state index is -0.424. The maximum atomic E-state index is 12.2. The quantitative estimate of drug-likeness (QED) is 0.802. The van der Waals surface area contributed by atoms with Gasteiger partial charge in [0, 0.05) is 16.0 Å². The highest BCUT2D eigenvalue weighted by molar-refractivity contribution is 9.10. The molecule has 0 heterocycles. The van der Waals surface area contributed by atoms with Crippen LogP contribution >= 0.6 is 27.5 Å². The van der Waals surface area contributed by atoms with Crippen LogP contribution in [-0.2, 0) is 6.54 Å². The van der Waals surface area contributed by atoms with Gasteiger partial charge < -0.3 is 19.9 Å². The van der Waals surface area contributed by atoms with Gasteiger partial charge in [-0.3, -0.25) is 4.79 Å². The maximum Gasteiger partial charge on any atom is 0.255 e. The maximum absolute atomic E-state index is 12.2. The van der Waals surface area contributed by atoms with Crippen LogP contribution in [0.3, 0.4) is 0 Å². The molecule has 0 unspecified atom stereocenters. The Labute approximate surface area is 147 Å². The number of amides is 1. The fourth-order valence-corrected chi connectivity index (χ4v) is 2.63. The van der Waals surface area contributed by atoms with Crippen LogP contribution in [0.25, 0.3) is 0 Å². The normalized spacial score (nSPS) is 10.3. The minimum absolute atomic E-state index is 0.120. The minimum Gasteiger partial charge on any atom is -0.507 e. The van der Waals surface area contributed by atoms with E-state index in [4.69, 9.17) is 21.1 Å². The molecular formula is C16H15BrClNO4. The number of carbonyl (C=O) groups is 1. The average molecular weight is 401 g/mol. The number of hydrogen-bond donors (Lipinski definition) is 2.